The molecule has 0 amide bonds. The largest absolute Gasteiger partial charge is 0.723 e. The van der Waals surface area contributed by atoms with Gasteiger partial charge in [0.1, 0.15) is 0 Å². The first kappa shape index (κ1) is 13.9. The third-order valence-corrected chi connectivity index (χ3v) is 2.58. The molecule has 0 bridgehead atoms. The summed E-state index contributed by atoms with van der Waals surface area (Å²) in [6, 6.07) is 0. The van der Waals surface area contributed by atoms with Crippen molar-refractivity contribution in [1.29, 1.82) is 0 Å². The molecule has 14 heavy (non-hydrogen) atoms. The highest BCUT2D eigenvalue weighted by Gasteiger charge is 1.91. The molecule has 0 aliphatic heterocycles. The van der Waals surface area contributed by atoms with Crippen molar-refractivity contribution in [2.75, 3.05) is 6.61 Å². The number of rotatable bonds is 11. The van der Waals surface area contributed by atoms with Gasteiger partial charge in [-0.05, 0) is 6.42 Å². The molecule has 0 aliphatic rings. The lowest BCUT2D eigenvalue weighted by atomic mass is 10.1. The third-order valence-electron chi connectivity index (χ3n) is 2.58. The molecule has 0 aromatic heterocycles. The standard InChI is InChI=1S/C12H26O2/c1-2-3-4-5-6-7-8-9-10-11-12-14-13/h13H,2-12H2,1H3/p-1. The molecule has 0 saturated carbocycles. The molecule has 86 valence electrons. The first-order chi connectivity index (χ1) is 6.91. The molecule has 0 N–H and O–H groups in total. The zero-order valence-electron chi connectivity index (χ0n) is 9.59. The lowest BCUT2D eigenvalue weighted by molar-refractivity contribution is -0.689. The van der Waals surface area contributed by atoms with Crippen LogP contribution >= 0.6 is 0 Å². The number of unbranched alkanes of at least 4 members (excludes halogenated alkanes) is 9. The Balaban J connectivity index is 2.78. The van der Waals surface area contributed by atoms with Crippen LogP contribution in [-0.2, 0) is 4.89 Å². The molecule has 0 aliphatic carbocycles. The average Bonchev–Trinajstić information content (AvgIpc) is 2.21. The van der Waals surface area contributed by atoms with Gasteiger partial charge in [0.25, 0.3) is 0 Å². The van der Waals surface area contributed by atoms with Crippen LogP contribution in [0.2, 0.25) is 0 Å². The van der Waals surface area contributed by atoms with Gasteiger partial charge in [-0.15, -0.1) is 0 Å². The van der Waals surface area contributed by atoms with E-state index in [2.05, 4.69) is 11.8 Å². The Bertz CT molecular complexity index is 82.3. The van der Waals surface area contributed by atoms with Gasteiger partial charge in [-0.2, -0.15) is 0 Å². The van der Waals surface area contributed by atoms with Gasteiger partial charge in [-0.1, -0.05) is 64.7 Å². The van der Waals surface area contributed by atoms with Gasteiger partial charge >= 0.3 is 0 Å². The van der Waals surface area contributed by atoms with Gasteiger partial charge in [-0.3, -0.25) is 0 Å². The van der Waals surface area contributed by atoms with Gasteiger partial charge in [0.15, 0.2) is 0 Å². The summed E-state index contributed by atoms with van der Waals surface area (Å²) < 4.78 is 0. The monoisotopic (exact) mass is 201 g/mol. The molecule has 0 rings (SSSR count). The highest BCUT2D eigenvalue weighted by molar-refractivity contribution is 4.46. The summed E-state index contributed by atoms with van der Waals surface area (Å²) in [4.78, 5) is 3.76. The molecular formula is C12H25O2-. The number of hydrogen-bond donors (Lipinski definition) is 0. The first-order valence-corrected chi connectivity index (χ1v) is 6.16. The summed E-state index contributed by atoms with van der Waals surface area (Å²) >= 11 is 0. The summed E-state index contributed by atoms with van der Waals surface area (Å²) in [5.41, 5.74) is 0. The fourth-order valence-electron chi connectivity index (χ4n) is 1.65. The Morgan fingerprint density at radius 1 is 0.714 bits per heavy atom. The Kier molecular flexibility index (Phi) is 12.8. The summed E-state index contributed by atoms with van der Waals surface area (Å²) in [5.74, 6) is 0. The van der Waals surface area contributed by atoms with Crippen molar-refractivity contribution >= 4 is 0 Å². The molecule has 0 aromatic carbocycles. The lowest BCUT2D eigenvalue weighted by Crippen LogP contribution is -2.05. The van der Waals surface area contributed by atoms with Crippen LogP contribution in [0.15, 0.2) is 0 Å². The van der Waals surface area contributed by atoms with Crippen LogP contribution in [-0.4, -0.2) is 6.61 Å². The summed E-state index contributed by atoms with van der Waals surface area (Å²) in [5, 5.41) is 9.67. The van der Waals surface area contributed by atoms with Crippen LogP contribution in [0.5, 0.6) is 0 Å². The van der Waals surface area contributed by atoms with Gasteiger partial charge in [0.05, 0.1) is 0 Å². The summed E-state index contributed by atoms with van der Waals surface area (Å²) in [6.07, 6.45) is 12.9. The zero-order chi connectivity index (χ0) is 10.5. The quantitative estimate of drug-likeness (QED) is 0.292. The molecule has 0 spiro atoms. The SMILES string of the molecule is CCCCCCCCCCCCO[O-]. The Labute approximate surface area is 88.6 Å². The topological polar surface area (TPSA) is 32.3 Å². The second-order valence-electron chi connectivity index (χ2n) is 4.00. The minimum Gasteiger partial charge on any atom is -0.723 e. The van der Waals surface area contributed by atoms with Crippen molar-refractivity contribution in [1.82, 2.24) is 0 Å². The van der Waals surface area contributed by atoms with Crippen molar-refractivity contribution < 1.29 is 10.1 Å². The van der Waals surface area contributed by atoms with Gasteiger partial charge in [-0.25, -0.2) is 0 Å². The Morgan fingerprint density at radius 2 is 1.14 bits per heavy atom. The molecule has 0 atom stereocenters. The molecule has 0 aromatic rings. The molecule has 0 fully saturated rings. The second kappa shape index (κ2) is 12.9. The Hall–Kier alpha value is -0.0800. The maximum absolute atomic E-state index is 9.67. The fourth-order valence-corrected chi connectivity index (χ4v) is 1.65. The van der Waals surface area contributed by atoms with E-state index >= 15 is 0 Å². The summed E-state index contributed by atoms with van der Waals surface area (Å²) in [7, 11) is 0. The van der Waals surface area contributed by atoms with E-state index in [-0.39, 0.29) is 0 Å². The van der Waals surface area contributed by atoms with Gasteiger partial charge in [0, 0.05) is 6.61 Å². The predicted molar refractivity (Wildman–Crippen MR) is 57.8 cm³/mol. The van der Waals surface area contributed by atoms with Crippen molar-refractivity contribution in [3.05, 3.63) is 0 Å². The second-order valence-corrected chi connectivity index (χ2v) is 4.00. The lowest BCUT2D eigenvalue weighted by Gasteiger charge is -2.05. The van der Waals surface area contributed by atoms with E-state index in [0.29, 0.717) is 6.61 Å². The maximum atomic E-state index is 9.67. The van der Waals surface area contributed by atoms with Crippen molar-refractivity contribution in [2.24, 2.45) is 0 Å². The molecule has 0 unspecified atom stereocenters. The van der Waals surface area contributed by atoms with E-state index in [1.165, 1.54) is 51.4 Å². The third kappa shape index (κ3) is 11.9. The normalized spacial score (nSPS) is 10.7. The van der Waals surface area contributed by atoms with Crippen LogP contribution in [0.4, 0.5) is 0 Å². The van der Waals surface area contributed by atoms with E-state index in [9.17, 15) is 5.26 Å². The summed E-state index contributed by atoms with van der Waals surface area (Å²) in [6.45, 7) is 2.63. The molecule has 0 saturated heterocycles. The molecule has 0 heterocycles. The van der Waals surface area contributed by atoms with E-state index in [1.54, 1.807) is 0 Å². The van der Waals surface area contributed by atoms with Crippen LogP contribution < -0.4 is 5.26 Å². The van der Waals surface area contributed by atoms with E-state index in [0.717, 1.165) is 12.8 Å². The average molecular weight is 201 g/mol. The van der Waals surface area contributed by atoms with Crippen LogP contribution in [0.3, 0.4) is 0 Å². The molecular weight excluding hydrogens is 176 g/mol. The van der Waals surface area contributed by atoms with Gasteiger partial charge < -0.3 is 10.1 Å². The smallest absolute Gasteiger partial charge is 0.0341 e. The molecule has 0 radical (unpaired) electrons. The first-order valence-electron chi connectivity index (χ1n) is 6.16. The highest BCUT2D eigenvalue weighted by Crippen LogP contribution is 2.10. The minimum atomic E-state index is 0.385. The van der Waals surface area contributed by atoms with E-state index in [4.69, 9.17) is 0 Å². The Morgan fingerprint density at radius 3 is 1.57 bits per heavy atom. The van der Waals surface area contributed by atoms with Crippen LogP contribution in [0.25, 0.3) is 0 Å². The molecule has 2 nitrogen and oxygen atoms in total. The van der Waals surface area contributed by atoms with Crippen molar-refractivity contribution in [2.45, 2.75) is 71.1 Å². The van der Waals surface area contributed by atoms with Gasteiger partial charge in [0.2, 0.25) is 0 Å². The minimum absolute atomic E-state index is 0.385. The maximum Gasteiger partial charge on any atom is 0.0341 e. The van der Waals surface area contributed by atoms with Crippen LogP contribution in [0, 0.1) is 0 Å². The van der Waals surface area contributed by atoms with Crippen molar-refractivity contribution in [3.63, 3.8) is 0 Å². The van der Waals surface area contributed by atoms with E-state index in [1.807, 2.05) is 0 Å². The molecule has 2 heteroatoms. The fraction of sp³-hybridized carbons (Fsp3) is 1.00. The van der Waals surface area contributed by atoms with Crippen LogP contribution in [0.1, 0.15) is 71.1 Å². The predicted octanol–water partition coefficient (Wildman–Crippen LogP) is 3.20. The van der Waals surface area contributed by atoms with Crippen molar-refractivity contribution in [3.8, 4) is 0 Å². The number of hydrogen-bond acceptors (Lipinski definition) is 2. The highest BCUT2D eigenvalue weighted by atomic mass is 17.1. The zero-order valence-corrected chi connectivity index (χ0v) is 9.59. The van der Waals surface area contributed by atoms with E-state index < -0.39 is 0 Å².